The Balaban J connectivity index is 2.13. The Hall–Kier alpha value is -0.240. The Morgan fingerprint density at radius 1 is 1.19 bits per heavy atom. The topological polar surface area (TPSA) is 12.0 Å². The van der Waals surface area contributed by atoms with Crippen LogP contribution in [0.25, 0.3) is 0 Å². The van der Waals surface area contributed by atoms with Crippen LogP contribution in [0.15, 0.2) is 18.2 Å². The number of rotatable bonds is 5. The molecule has 0 aromatic heterocycles. The lowest BCUT2D eigenvalue weighted by molar-refractivity contribution is 0.191. The van der Waals surface area contributed by atoms with Crippen molar-refractivity contribution in [1.29, 1.82) is 0 Å². The van der Waals surface area contributed by atoms with Crippen molar-refractivity contribution in [2.45, 2.75) is 65.0 Å². The molecule has 0 spiro atoms. The Morgan fingerprint density at radius 2 is 1.90 bits per heavy atom. The number of nitrogens with one attached hydrogen (secondary N) is 1. The fourth-order valence-corrected chi connectivity index (χ4v) is 4.17. The van der Waals surface area contributed by atoms with E-state index in [0.717, 1.165) is 23.3 Å². The molecular formula is C18H27Cl2N. The molecule has 0 heterocycles. The molecule has 0 radical (unpaired) electrons. The fraction of sp³-hybridized carbons (Fsp3) is 0.667. The molecule has 1 fully saturated rings. The zero-order chi connectivity index (χ0) is 15.4. The quantitative estimate of drug-likeness (QED) is 0.674. The van der Waals surface area contributed by atoms with Crippen LogP contribution >= 0.6 is 23.2 Å². The first-order valence-corrected chi connectivity index (χ1v) is 8.99. The molecule has 1 nitrogen and oxygen atoms in total. The highest BCUT2D eigenvalue weighted by molar-refractivity contribution is 6.35. The lowest BCUT2D eigenvalue weighted by Gasteiger charge is -2.37. The van der Waals surface area contributed by atoms with E-state index in [4.69, 9.17) is 23.2 Å². The van der Waals surface area contributed by atoms with Crippen molar-refractivity contribution in [3.8, 4) is 0 Å². The second kappa shape index (κ2) is 7.85. The van der Waals surface area contributed by atoms with Crippen molar-refractivity contribution < 1.29 is 0 Å². The lowest BCUT2D eigenvalue weighted by Crippen LogP contribution is -2.42. The average Bonchev–Trinajstić information content (AvgIpc) is 2.45. The standard InChI is InChI=1S/C18H27Cl2N/c1-4-17(15-10-9-13(19)11-16(15)20)21-18-8-6-5-7-14(18)12(2)3/h9-12,14,17-18,21H,4-8H2,1-3H3. The molecule has 1 aliphatic rings. The number of halogens is 2. The first kappa shape index (κ1) is 17.1. The monoisotopic (exact) mass is 327 g/mol. The predicted molar refractivity (Wildman–Crippen MR) is 93.2 cm³/mol. The van der Waals surface area contributed by atoms with Gasteiger partial charge in [0.25, 0.3) is 0 Å². The van der Waals surface area contributed by atoms with E-state index in [9.17, 15) is 0 Å². The molecule has 0 amide bonds. The molecule has 118 valence electrons. The van der Waals surface area contributed by atoms with Crippen LogP contribution in [0.5, 0.6) is 0 Å². The third-order valence-electron chi connectivity index (χ3n) is 4.84. The van der Waals surface area contributed by atoms with E-state index < -0.39 is 0 Å². The summed E-state index contributed by atoms with van der Waals surface area (Å²) >= 11 is 12.4. The molecule has 1 N–H and O–H groups in total. The molecule has 1 saturated carbocycles. The summed E-state index contributed by atoms with van der Waals surface area (Å²) in [4.78, 5) is 0. The number of hydrogen-bond acceptors (Lipinski definition) is 1. The second-order valence-corrected chi connectivity index (χ2v) is 7.44. The third kappa shape index (κ3) is 4.37. The van der Waals surface area contributed by atoms with Crippen LogP contribution < -0.4 is 5.32 Å². The first-order valence-electron chi connectivity index (χ1n) is 8.24. The van der Waals surface area contributed by atoms with E-state index in [2.05, 4.69) is 32.2 Å². The van der Waals surface area contributed by atoms with Gasteiger partial charge in [-0.1, -0.05) is 62.9 Å². The minimum absolute atomic E-state index is 0.319. The molecule has 1 aromatic carbocycles. The Bertz CT molecular complexity index is 459. The summed E-state index contributed by atoms with van der Waals surface area (Å²) in [6.45, 7) is 6.91. The normalized spacial score (nSPS) is 24.3. The molecule has 0 bridgehead atoms. The summed E-state index contributed by atoms with van der Waals surface area (Å²) in [5.41, 5.74) is 1.18. The van der Waals surface area contributed by atoms with Crippen LogP contribution in [0.3, 0.4) is 0 Å². The molecule has 21 heavy (non-hydrogen) atoms. The lowest BCUT2D eigenvalue weighted by atomic mass is 9.77. The third-order valence-corrected chi connectivity index (χ3v) is 5.40. The summed E-state index contributed by atoms with van der Waals surface area (Å²) in [5.74, 6) is 1.51. The highest BCUT2D eigenvalue weighted by Gasteiger charge is 2.29. The predicted octanol–water partition coefficient (Wildman–Crippen LogP) is 6.25. The SMILES string of the molecule is CCC(NC1CCCCC1C(C)C)c1ccc(Cl)cc1Cl. The van der Waals surface area contributed by atoms with Crippen molar-refractivity contribution in [1.82, 2.24) is 5.32 Å². The van der Waals surface area contributed by atoms with Crippen LogP contribution in [0.4, 0.5) is 0 Å². The van der Waals surface area contributed by atoms with Gasteiger partial charge in [-0.25, -0.2) is 0 Å². The molecule has 2 rings (SSSR count). The van der Waals surface area contributed by atoms with E-state index in [1.165, 1.54) is 31.2 Å². The smallest absolute Gasteiger partial charge is 0.0468 e. The zero-order valence-corrected chi connectivity index (χ0v) is 14.8. The van der Waals surface area contributed by atoms with Crippen LogP contribution in [0.2, 0.25) is 10.0 Å². The van der Waals surface area contributed by atoms with Crippen LogP contribution in [0, 0.1) is 11.8 Å². The summed E-state index contributed by atoms with van der Waals surface area (Å²) < 4.78 is 0. The maximum atomic E-state index is 6.40. The molecule has 3 unspecified atom stereocenters. The van der Waals surface area contributed by atoms with E-state index in [1.54, 1.807) is 0 Å². The van der Waals surface area contributed by atoms with Gasteiger partial charge in [0.05, 0.1) is 0 Å². The molecule has 1 aromatic rings. The largest absolute Gasteiger partial charge is 0.307 e. The Morgan fingerprint density at radius 3 is 2.52 bits per heavy atom. The maximum absolute atomic E-state index is 6.40. The van der Waals surface area contributed by atoms with Gasteiger partial charge in [0.2, 0.25) is 0 Å². The van der Waals surface area contributed by atoms with Crippen molar-refractivity contribution in [3.05, 3.63) is 33.8 Å². The van der Waals surface area contributed by atoms with Crippen molar-refractivity contribution >= 4 is 23.2 Å². The minimum atomic E-state index is 0.319. The van der Waals surface area contributed by atoms with Gasteiger partial charge >= 0.3 is 0 Å². The Kier molecular flexibility index (Phi) is 6.40. The van der Waals surface area contributed by atoms with E-state index >= 15 is 0 Å². The van der Waals surface area contributed by atoms with Gasteiger partial charge in [0, 0.05) is 22.1 Å². The Labute approximate surface area is 139 Å². The molecular weight excluding hydrogens is 301 g/mol. The van der Waals surface area contributed by atoms with E-state index in [1.807, 2.05) is 12.1 Å². The second-order valence-electron chi connectivity index (χ2n) is 6.59. The van der Waals surface area contributed by atoms with Gasteiger partial charge in [-0.2, -0.15) is 0 Å². The summed E-state index contributed by atoms with van der Waals surface area (Å²) in [6.07, 6.45) is 6.39. The summed E-state index contributed by atoms with van der Waals surface area (Å²) in [5, 5.41) is 5.37. The maximum Gasteiger partial charge on any atom is 0.0468 e. The van der Waals surface area contributed by atoms with Gasteiger partial charge < -0.3 is 5.32 Å². The molecule has 1 aliphatic carbocycles. The average molecular weight is 328 g/mol. The molecule has 3 atom stereocenters. The molecule has 3 heteroatoms. The zero-order valence-electron chi connectivity index (χ0n) is 13.3. The first-order chi connectivity index (χ1) is 10.0. The van der Waals surface area contributed by atoms with Gasteiger partial charge in [0.15, 0.2) is 0 Å². The summed E-state index contributed by atoms with van der Waals surface area (Å²) in [7, 11) is 0. The minimum Gasteiger partial charge on any atom is -0.307 e. The van der Waals surface area contributed by atoms with Crippen LogP contribution in [-0.4, -0.2) is 6.04 Å². The van der Waals surface area contributed by atoms with Gasteiger partial charge in [-0.15, -0.1) is 0 Å². The summed E-state index contributed by atoms with van der Waals surface area (Å²) in [6, 6.07) is 6.78. The molecule has 0 aliphatic heterocycles. The highest BCUT2D eigenvalue weighted by Crippen LogP contribution is 2.34. The van der Waals surface area contributed by atoms with Crippen molar-refractivity contribution in [3.63, 3.8) is 0 Å². The highest BCUT2D eigenvalue weighted by atomic mass is 35.5. The van der Waals surface area contributed by atoms with Crippen LogP contribution in [-0.2, 0) is 0 Å². The molecule has 0 saturated heterocycles. The van der Waals surface area contributed by atoms with Crippen molar-refractivity contribution in [2.75, 3.05) is 0 Å². The number of hydrogen-bond donors (Lipinski definition) is 1. The number of benzene rings is 1. The van der Waals surface area contributed by atoms with E-state index in [-0.39, 0.29) is 0 Å². The van der Waals surface area contributed by atoms with E-state index in [0.29, 0.717) is 17.1 Å². The van der Waals surface area contributed by atoms with Gasteiger partial charge in [0.1, 0.15) is 0 Å². The fourth-order valence-electron chi connectivity index (χ4n) is 3.63. The van der Waals surface area contributed by atoms with Gasteiger partial charge in [-0.3, -0.25) is 0 Å². The van der Waals surface area contributed by atoms with Crippen molar-refractivity contribution in [2.24, 2.45) is 11.8 Å². The van der Waals surface area contributed by atoms with Gasteiger partial charge in [-0.05, 0) is 48.8 Å². The van der Waals surface area contributed by atoms with Crippen LogP contribution in [0.1, 0.15) is 64.5 Å².